The van der Waals surface area contributed by atoms with Crippen molar-refractivity contribution in [1.29, 1.82) is 0 Å². The fourth-order valence-electron chi connectivity index (χ4n) is 1.29. The summed E-state index contributed by atoms with van der Waals surface area (Å²) in [6.07, 6.45) is 1.59. The molecule has 3 nitrogen and oxygen atoms in total. The molecule has 80 valence electrons. The van der Waals surface area contributed by atoms with Gasteiger partial charge in [0, 0.05) is 5.56 Å². The highest BCUT2D eigenvalue weighted by molar-refractivity contribution is 5.83. The predicted molar refractivity (Wildman–Crippen MR) is 65.8 cm³/mol. The van der Waals surface area contributed by atoms with Gasteiger partial charge in [0.25, 0.3) is 0 Å². The van der Waals surface area contributed by atoms with Gasteiger partial charge in [-0.15, -0.1) is 0 Å². The van der Waals surface area contributed by atoms with Crippen LogP contribution in [0.15, 0.2) is 59.7 Å². The Hall–Kier alpha value is -2.29. The Kier molecular flexibility index (Phi) is 3.18. The zero-order chi connectivity index (χ0) is 11.2. The molecule has 0 saturated heterocycles. The summed E-state index contributed by atoms with van der Waals surface area (Å²) in [5, 5.41) is 13.5. The van der Waals surface area contributed by atoms with Crippen molar-refractivity contribution in [3.63, 3.8) is 0 Å². The minimum Gasteiger partial charge on any atom is -0.507 e. The Morgan fingerprint density at radius 3 is 2.38 bits per heavy atom. The lowest BCUT2D eigenvalue weighted by Gasteiger charge is -1.99. The number of para-hydroxylation sites is 2. The summed E-state index contributed by atoms with van der Waals surface area (Å²) in [5.74, 6) is 0.223. The topological polar surface area (TPSA) is 44.6 Å². The van der Waals surface area contributed by atoms with Crippen molar-refractivity contribution in [3.8, 4) is 5.75 Å². The molecule has 0 amide bonds. The first-order chi connectivity index (χ1) is 7.86. The molecule has 0 saturated carbocycles. The van der Waals surface area contributed by atoms with Crippen molar-refractivity contribution in [1.82, 2.24) is 0 Å². The van der Waals surface area contributed by atoms with E-state index in [4.69, 9.17) is 0 Å². The molecular weight excluding hydrogens is 200 g/mol. The molecule has 2 N–H and O–H groups in total. The third-order valence-electron chi connectivity index (χ3n) is 2.11. The number of benzene rings is 2. The van der Waals surface area contributed by atoms with Gasteiger partial charge >= 0.3 is 0 Å². The zero-order valence-corrected chi connectivity index (χ0v) is 8.67. The van der Waals surface area contributed by atoms with E-state index in [2.05, 4.69) is 10.5 Å². The van der Waals surface area contributed by atoms with Crippen molar-refractivity contribution in [2.75, 3.05) is 5.43 Å². The van der Waals surface area contributed by atoms with Gasteiger partial charge in [0.1, 0.15) is 5.75 Å². The fraction of sp³-hybridized carbons (Fsp3) is 0. The van der Waals surface area contributed by atoms with Gasteiger partial charge in [0.2, 0.25) is 0 Å². The third-order valence-corrected chi connectivity index (χ3v) is 2.11. The fourth-order valence-corrected chi connectivity index (χ4v) is 1.29. The quantitative estimate of drug-likeness (QED) is 0.607. The van der Waals surface area contributed by atoms with Crippen LogP contribution < -0.4 is 5.43 Å². The summed E-state index contributed by atoms with van der Waals surface area (Å²) in [6, 6.07) is 16.7. The molecular formula is C13H12N2O. The highest BCUT2D eigenvalue weighted by Gasteiger charge is 1.94. The number of aromatic hydroxyl groups is 1. The van der Waals surface area contributed by atoms with E-state index < -0.39 is 0 Å². The molecule has 0 aliphatic carbocycles. The van der Waals surface area contributed by atoms with Crippen LogP contribution in [0.4, 0.5) is 5.69 Å². The Morgan fingerprint density at radius 2 is 1.62 bits per heavy atom. The van der Waals surface area contributed by atoms with Gasteiger partial charge in [-0.05, 0) is 24.3 Å². The van der Waals surface area contributed by atoms with E-state index in [-0.39, 0.29) is 5.75 Å². The average Bonchev–Trinajstić information content (AvgIpc) is 2.33. The second-order valence-electron chi connectivity index (χ2n) is 3.29. The van der Waals surface area contributed by atoms with Crippen LogP contribution in [0.3, 0.4) is 0 Å². The number of rotatable bonds is 3. The molecule has 0 unspecified atom stereocenters. The molecule has 16 heavy (non-hydrogen) atoms. The van der Waals surface area contributed by atoms with Crippen LogP contribution in [-0.4, -0.2) is 11.3 Å². The number of hydrogen-bond acceptors (Lipinski definition) is 3. The highest BCUT2D eigenvalue weighted by atomic mass is 16.3. The summed E-state index contributed by atoms with van der Waals surface area (Å²) >= 11 is 0. The van der Waals surface area contributed by atoms with Crippen molar-refractivity contribution >= 4 is 11.9 Å². The van der Waals surface area contributed by atoms with Gasteiger partial charge in [0.05, 0.1) is 11.9 Å². The lowest BCUT2D eigenvalue weighted by atomic mass is 10.2. The highest BCUT2D eigenvalue weighted by Crippen LogP contribution is 2.13. The molecule has 2 rings (SSSR count). The smallest absolute Gasteiger partial charge is 0.124 e. The van der Waals surface area contributed by atoms with E-state index in [9.17, 15) is 5.11 Å². The summed E-state index contributed by atoms with van der Waals surface area (Å²) in [5.41, 5.74) is 4.48. The van der Waals surface area contributed by atoms with Crippen molar-refractivity contribution < 1.29 is 5.11 Å². The van der Waals surface area contributed by atoms with E-state index in [0.29, 0.717) is 5.56 Å². The normalized spacial score (nSPS) is 10.5. The first-order valence-corrected chi connectivity index (χ1v) is 4.98. The monoisotopic (exact) mass is 212 g/mol. The Bertz CT molecular complexity index is 480. The molecule has 0 spiro atoms. The second-order valence-corrected chi connectivity index (χ2v) is 3.29. The number of nitrogens with zero attached hydrogens (tertiary/aromatic N) is 1. The molecule has 2 aromatic rings. The molecule has 0 aromatic heterocycles. The van der Waals surface area contributed by atoms with Crippen LogP contribution in [0.5, 0.6) is 5.75 Å². The molecule has 0 aliphatic rings. The van der Waals surface area contributed by atoms with E-state index in [0.717, 1.165) is 5.69 Å². The molecule has 3 heteroatoms. The van der Waals surface area contributed by atoms with E-state index in [1.807, 2.05) is 36.4 Å². The third kappa shape index (κ3) is 2.60. The largest absolute Gasteiger partial charge is 0.507 e. The van der Waals surface area contributed by atoms with Crippen molar-refractivity contribution in [2.45, 2.75) is 0 Å². The van der Waals surface area contributed by atoms with E-state index >= 15 is 0 Å². The van der Waals surface area contributed by atoms with Crippen molar-refractivity contribution in [3.05, 3.63) is 60.2 Å². The molecule has 0 bridgehead atoms. The van der Waals surface area contributed by atoms with Crippen molar-refractivity contribution in [2.24, 2.45) is 5.10 Å². The Labute approximate surface area is 94.1 Å². The van der Waals surface area contributed by atoms with Gasteiger partial charge in [-0.1, -0.05) is 30.3 Å². The van der Waals surface area contributed by atoms with E-state index in [1.165, 1.54) is 0 Å². The molecule has 0 radical (unpaired) electrons. The summed E-state index contributed by atoms with van der Waals surface area (Å²) in [6.45, 7) is 0. The number of phenols is 1. The molecule has 0 fully saturated rings. The lowest BCUT2D eigenvalue weighted by molar-refractivity contribution is 0.474. The zero-order valence-electron chi connectivity index (χ0n) is 8.67. The van der Waals surface area contributed by atoms with Crippen LogP contribution in [0.1, 0.15) is 5.56 Å². The molecule has 0 heterocycles. The maximum atomic E-state index is 9.49. The molecule has 2 aromatic carbocycles. The van der Waals surface area contributed by atoms with Gasteiger partial charge in [-0.3, -0.25) is 5.43 Å². The molecule has 0 atom stereocenters. The summed E-state index contributed by atoms with van der Waals surface area (Å²) in [7, 11) is 0. The lowest BCUT2D eigenvalue weighted by Crippen LogP contribution is -1.90. The van der Waals surface area contributed by atoms with Crippen LogP contribution in [0.2, 0.25) is 0 Å². The SMILES string of the molecule is Oc1ccccc1/C=N/Nc1ccccc1. The van der Waals surface area contributed by atoms with Gasteiger partial charge in [0.15, 0.2) is 0 Å². The van der Waals surface area contributed by atoms with Gasteiger partial charge in [-0.25, -0.2) is 0 Å². The number of hydrazone groups is 1. The van der Waals surface area contributed by atoms with Crippen LogP contribution in [-0.2, 0) is 0 Å². The average molecular weight is 212 g/mol. The number of phenolic OH excluding ortho intramolecular Hbond substituents is 1. The van der Waals surface area contributed by atoms with Crippen LogP contribution in [0.25, 0.3) is 0 Å². The Morgan fingerprint density at radius 1 is 0.938 bits per heavy atom. The van der Waals surface area contributed by atoms with E-state index in [1.54, 1.807) is 24.4 Å². The first kappa shape index (κ1) is 10.2. The maximum absolute atomic E-state index is 9.49. The maximum Gasteiger partial charge on any atom is 0.124 e. The minimum absolute atomic E-state index is 0.223. The number of nitrogens with one attached hydrogen (secondary N) is 1. The standard InChI is InChI=1S/C13H12N2O/c16-13-9-5-4-6-11(13)10-14-15-12-7-2-1-3-8-12/h1-10,15-16H/b14-10+. The van der Waals surface area contributed by atoms with Crippen LogP contribution >= 0.6 is 0 Å². The molecule has 0 aliphatic heterocycles. The van der Waals surface area contributed by atoms with Crippen LogP contribution in [0, 0.1) is 0 Å². The summed E-state index contributed by atoms with van der Waals surface area (Å²) in [4.78, 5) is 0. The predicted octanol–water partition coefficient (Wildman–Crippen LogP) is 2.84. The Balaban J connectivity index is 2.03. The van der Waals surface area contributed by atoms with Gasteiger partial charge in [-0.2, -0.15) is 5.10 Å². The number of hydrogen-bond donors (Lipinski definition) is 2. The second kappa shape index (κ2) is 4.98. The van der Waals surface area contributed by atoms with Gasteiger partial charge < -0.3 is 5.11 Å². The minimum atomic E-state index is 0.223. The number of anilines is 1. The summed E-state index contributed by atoms with van der Waals surface area (Å²) < 4.78 is 0. The first-order valence-electron chi connectivity index (χ1n) is 4.98.